The number of carbonyl (C=O) groups excluding carboxylic acids is 2. The van der Waals surface area contributed by atoms with Gasteiger partial charge in [-0.05, 0) is 79.8 Å². The molecule has 0 bridgehead atoms. The number of nitrogens with zero attached hydrogens (tertiary/aromatic N) is 4. The molecule has 7 aromatic rings. The second-order valence-electron chi connectivity index (χ2n) is 15.4. The van der Waals surface area contributed by atoms with Crippen molar-refractivity contribution in [1.29, 1.82) is 0 Å². The smallest absolute Gasteiger partial charge is 0.410 e. The second-order valence-corrected chi connectivity index (χ2v) is 15.4. The molecule has 1 aliphatic rings. The molecule has 8 nitrogen and oxygen atoms in total. The molecule has 0 radical (unpaired) electrons. The molecular weight excluding hydrogens is 695 g/mol. The van der Waals surface area contributed by atoms with E-state index >= 15 is 0 Å². The van der Waals surface area contributed by atoms with Crippen LogP contribution in [0.5, 0.6) is 0 Å². The SMILES string of the molecule is CC(C)(C)OC(=O)N1C[C@H](NC(=O)c2ccc3c(c2)c(-c2ccncc2)nn3C(c2ccccc2)(c2ccccc2)c2ccccc2)C[C@H](c2ccccc2)C1. The Labute approximate surface area is 327 Å². The van der Waals surface area contributed by atoms with Crippen LogP contribution in [0.25, 0.3) is 22.2 Å². The van der Waals surface area contributed by atoms with Crippen LogP contribution in [0.15, 0.2) is 164 Å². The average molecular weight is 740 g/mol. The van der Waals surface area contributed by atoms with Crippen molar-refractivity contribution in [2.75, 3.05) is 13.1 Å². The molecule has 1 N–H and O–H groups in total. The number of fused-ring (bicyclic) bond motifs is 1. The average Bonchev–Trinajstić information content (AvgIpc) is 3.61. The number of nitrogens with one attached hydrogen (secondary N) is 1. The first-order chi connectivity index (χ1) is 27.2. The lowest BCUT2D eigenvalue weighted by Crippen LogP contribution is -2.53. The van der Waals surface area contributed by atoms with Crippen molar-refractivity contribution < 1.29 is 14.3 Å². The molecule has 2 atom stereocenters. The summed E-state index contributed by atoms with van der Waals surface area (Å²) in [6, 6.07) is 50.9. The molecule has 8 heteroatoms. The zero-order valence-corrected chi connectivity index (χ0v) is 31.9. The summed E-state index contributed by atoms with van der Waals surface area (Å²) in [7, 11) is 0. The molecule has 2 amide bonds. The molecule has 280 valence electrons. The van der Waals surface area contributed by atoms with E-state index in [1.54, 1.807) is 17.3 Å². The number of hydrogen-bond donors (Lipinski definition) is 1. The van der Waals surface area contributed by atoms with Gasteiger partial charge in [-0.3, -0.25) is 9.78 Å². The quantitative estimate of drug-likeness (QED) is 0.157. The van der Waals surface area contributed by atoms with Crippen LogP contribution in [0.3, 0.4) is 0 Å². The summed E-state index contributed by atoms with van der Waals surface area (Å²) in [5.74, 6) is -0.188. The van der Waals surface area contributed by atoms with E-state index in [1.165, 1.54) is 0 Å². The fraction of sp³-hybridized carbons (Fsp3) is 0.208. The fourth-order valence-electron chi connectivity index (χ4n) is 8.06. The zero-order valence-electron chi connectivity index (χ0n) is 31.9. The molecule has 0 unspecified atom stereocenters. The Kier molecular flexibility index (Phi) is 9.96. The van der Waals surface area contributed by atoms with Gasteiger partial charge in [0.15, 0.2) is 0 Å². The van der Waals surface area contributed by atoms with Crippen LogP contribution in [0.4, 0.5) is 4.79 Å². The minimum absolute atomic E-state index is 0.0313. The van der Waals surface area contributed by atoms with E-state index < -0.39 is 11.1 Å². The van der Waals surface area contributed by atoms with E-state index in [0.717, 1.165) is 44.4 Å². The summed E-state index contributed by atoms with van der Waals surface area (Å²) in [6.07, 6.45) is 3.83. The van der Waals surface area contributed by atoms with E-state index in [0.29, 0.717) is 25.1 Å². The van der Waals surface area contributed by atoms with Crippen molar-refractivity contribution in [2.24, 2.45) is 0 Å². The van der Waals surface area contributed by atoms with E-state index in [4.69, 9.17) is 9.84 Å². The van der Waals surface area contributed by atoms with Gasteiger partial charge in [-0.25, -0.2) is 9.48 Å². The van der Waals surface area contributed by atoms with Gasteiger partial charge >= 0.3 is 6.09 Å². The summed E-state index contributed by atoms with van der Waals surface area (Å²) < 4.78 is 7.90. The van der Waals surface area contributed by atoms with Gasteiger partial charge in [0.2, 0.25) is 0 Å². The van der Waals surface area contributed by atoms with E-state index in [9.17, 15) is 9.59 Å². The number of rotatable bonds is 8. The van der Waals surface area contributed by atoms with Crippen molar-refractivity contribution in [1.82, 2.24) is 25.0 Å². The fourth-order valence-corrected chi connectivity index (χ4v) is 8.06. The van der Waals surface area contributed by atoms with Crippen LogP contribution in [0.1, 0.15) is 65.7 Å². The van der Waals surface area contributed by atoms with Crippen LogP contribution in [-0.2, 0) is 10.3 Å². The number of aromatic nitrogens is 3. The van der Waals surface area contributed by atoms with Crippen LogP contribution >= 0.6 is 0 Å². The Morgan fingerprint density at radius 3 is 1.80 bits per heavy atom. The number of pyridine rings is 1. The van der Waals surface area contributed by atoms with Crippen molar-refractivity contribution in [2.45, 2.75) is 50.3 Å². The number of hydrogen-bond acceptors (Lipinski definition) is 5. The Morgan fingerprint density at radius 1 is 0.696 bits per heavy atom. The molecule has 1 aliphatic heterocycles. The lowest BCUT2D eigenvalue weighted by atomic mass is 9.77. The minimum atomic E-state index is -0.864. The van der Waals surface area contributed by atoms with Crippen LogP contribution < -0.4 is 5.32 Å². The van der Waals surface area contributed by atoms with Gasteiger partial charge in [0, 0.05) is 54.0 Å². The standard InChI is InChI=1S/C48H45N5O3/c1-47(2,3)56-46(55)52-32-37(34-16-8-4-9-17-34)30-41(33-52)50-45(54)36-24-25-43-42(31-36)44(35-26-28-49-29-27-35)51-53(43)48(38-18-10-5-11-19-38,39-20-12-6-13-21-39)40-22-14-7-15-23-40/h4-29,31,37,41H,30,32-33H2,1-3H3,(H,50,54)/t37-,41+/m0/s1. The maximum Gasteiger partial charge on any atom is 0.410 e. The summed E-state index contributed by atoms with van der Waals surface area (Å²) in [6.45, 7) is 6.46. The lowest BCUT2D eigenvalue weighted by molar-refractivity contribution is 0.0164. The third-order valence-electron chi connectivity index (χ3n) is 10.5. The highest BCUT2D eigenvalue weighted by Gasteiger charge is 2.41. The molecule has 0 aliphatic carbocycles. The molecule has 56 heavy (non-hydrogen) atoms. The number of amides is 2. The Hall–Kier alpha value is -6.54. The van der Waals surface area contributed by atoms with Crippen molar-refractivity contribution >= 4 is 22.9 Å². The predicted octanol–water partition coefficient (Wildman–Crippen LogP) is 9.46. The first-order valence-corrected chi connectivity index (χ1v) is 19.1. The Bertz CT molecular complexity index is 2330. The van der Waals surface area contributed by atoms with Gasteiger partial charge in [-0.2, -0.15) is 5.10 Å². The first kappa shape index (κ1) is 36.4. The predicted molar refractivity (Wildman–Crippen MR) is 220 cm³/mol. The van der Waals surface area contributed by atoms with Crippen LogP contribution in [0, 0.1) is 0 Å². The molecule has 5 aromatic carbocycles. The van der Waals surface area contributed by atoms with E-state index in [1.807, 2.05) is 87.5 Å². The normalized spacial score (nSPS) is 16.0. The number of ether oxygens (including phenoxy) is 1. The van der Waals surface area contributed by atoms with Gasteiger partial charge in [0.25, 0.3) is 5.91 Å². The molecular formula is C48H45N5O3. The molecule has 0 saturated carbocycles. The largest absolute Gasteiger partial charge is 0.444 e. The van der Waals surface area contributed by atoms with Gasteiger partial charge in [0.05, 0.1) is 5.52 Å². The Morgan fingerprint density at radius 2 is 1.25 bits per heavy atom. The van der Waals surface area contributed by atoms with E-state index in [-0.39, 0.29) is 24.0 Å². The second kappa shape index (κ2) is 15.3. The summed E-state index contributed by atoms with van der Waals surface area (Å²) in [4.78, 5) is 33.7. The Balaban J connectivity index is 1.24. The highest BCUT2D eigenvalue weighted by Crippen LogP contribution is 2.44. The van der Waals surface area contributed by atoms with Gasteiger partial charge in [-0.15, -0.1) is 0 Å². The zero-order chi connectivity index (χ0) is 38.7. The summed E-state index contributed by atoms with van der Waals surface area (Å²) >= 11 is 0. The minimum Gasteiger partial charge on any atom is -0.444 e. The summed E-state index contributed by atoms with van der Waals surface area (Å²) in [5, 5.41) is 9.60. The van der Waals surface area contributed by atoms with Crippen LogP contribution in [0.2, 0.25) is 0 Å². The third kappa shape index (κ3) is 7.18. The van der Waals surface area contributed by atoms with Crippen molar-refractivity contribution in [3.05, 3.63) is 192 Å². The molecule has 8 rings (SSSR count). The number of benzene rings is 5. The van der Waals surface area contributed by atoms with Crippen molar-refractivity contribution in [3.63, 3.8) is 0 Å². The number of piperidine rings is 1. The molecule has 3 heterocycles. The maximum atomic E-state index is 14.3. The molecule has 0 spiro atoms. The number of likely N-dealkylation sites (tertiary alicyclic amines) is 1. The van der Waals surface area contributed by atoms with Gasteiger partial charge in [0.1, 0.15) is 16.8 Å². The molecule has 1 saturated heterocycles. The topological polar surface area (TPSA) is 89.3 Å². The number of carbonyl (C=O) groups is 2. The first-order valence-electron chi connectivity index (χ1n) is 19.1. The van der Waals surface area contributed by atoms with Crippen LogP contribution in [-0.4, -0.2) is 56.4 Å². The third-order valence-corrected chi connectivity index (χ3v) is 10.5. The van der Waals surface area contributed by atoms with Gasteiger partial charge in [-0.1, -0.05) is 121 Å². The maximum absolute atomic E-state index is 14.3. The van der Waals surface area contributed by atoms with Gasteiger partial charge < -0.3 is 15.0 Å². The van der Waals surface area contributed by atoms with E-state index in [2.05, 4.69) is 99.9 Å². The highest BCUT2D eigenvalue weighted by atomic mass is 16.6. The highest BCUT2D eigenvalue weighted by molar-refractivity contribution is 6.02. The monoisotopic (exact) mass is 739 g/mol. The van der Waals surface area contributed by atoms with Crippen molar-refractivity contribution in [3.8, 4) is 11.3 Å². The lowest BCUT2D eigenvalue weighted by Gasteiger charge is -2.39. The summed E-state index contributed by atoms with van der Waals surface area (Å²) in [5.41, 5.74) is 5.74. The molecule has 2 aromatic heterocycles. The molecule has 1 fully saturated rings.